The Kier molecular flexibility index (Phi) is 6.83. The molecule has 1 aliphatic heterocycles. The lowest BCUT2D eigenvalue weighted by Crippen LogP contribution is -2.44. The number of piperidine rings is 1. The van der Waals surface area contributed by atoms with Gasteiger partial charge in [0.1, 0.15) is 0 Å². The molecule has 1 amide bonds. The van der Waals surface area contributed by atoms with Gasteiger partial charge in [0, 0.05) is 17.1 Å². The van der Waals surface area contributed by atoms with Gasteiger partial charge in [-0.05, 0) is 60.3 Å². The highest BCUT2D eigenvalue weighted by atomic mass is 79.9. The van der Waals surface area contributed by atoms with Crippen molar-refractivity contribution in [3.8, 4) is 0 Å². The van der Waals surface area contributed by atoms with Crippen LogP contribution >= 0.6 is 28.3 Å². The number of halogens is 2. The first-order valence-electron chi connectivity index (χ1n) is 6.49. The number of benzene rings is 1. The molecule has 1 unspecified atom stereocenters. The monoisotopic (exact) mass is 346 g/mol. The lowest BCUT2D eigenvalue weighted by molar-refractivity contribution is 0.0604. The van der Waals surface area contributed by atoms with Gasteiger partial charge in [-0.1, -0.05) is 12.1 Å². The van der Waals surface area contributed by atoms with Crippen LogP contribution in [0.3, 0.4) is 0 Å². The van der Waals surface area contributed by atoms with E-state index in [0.717, 1.165) is 35.8 Å². The van der Waals surface area contributed by atoms with Crippen molar-refractivity contribution in [3.63, 3.8) is 0 Å². The van der Waals surface area contributed by atoms with Crippen LogP contribution in [0.25, 0.3) is 0 Å². The van der Waals surface area contributed by atoms with Crippen LogP contribution in [-0.2, 0) is 0 Å². The zero-order valence-corrected chi connectivity index (χ0v) is 13.3. The average Bonchev–Trinajstić information content (AvgIpc) is 2.40. The minimum atomic E-state index is 0. The van der Waals surface area contributed by atoms with Crippen molar-refractivity contribution < 1.29 is 4.79 Å². The molecule has 1 aromatic carbocycles. The Labute approximate surface area is 129 Å². The summed E-state index contributed by atoms with van der Waals surface area (Å²) in [4.78, 5) is 14.6. The van der Waals surface area contributed by atoms with E-state index in [1.807, 2.05) is 29.2 Å². The molecule has 0 spiro atoms. The molecule has 19 heavy (non-hydrogen) atoms. The van der Waals surface area contributed by atoms with Crippen molar-refractivity contribution in [2.75, 3.05) is 13.1 Å². The number of nitrogens with two attached hydrogens (primary N) is 1. The summed E-state index contributed by atoms with van der Waals surface area (Å²) in [7, 11) is 0. The van der Waals surface area contributed by atoms with Gasteiger partial charge in [-0.25, -0.2) is 0 Å². The van der Waals surface area contributed by atoms with Gasteiger partial charge in [0.25, 0.3) is 5.91 Å². The Bertz CT molecular complexity index is 426. The van der Waals surface area contributed by atoms with Gasteiger partial charge in [0.15, 0.2) is 0 Å². The lowest BCUT2D eigenvalue weighted by atomic mass is 9.98. The fraction of sp³-hybridized carbons (Fsp3) is 0.500. The second-order valence-corrected chi connectivity index (χ2v) is 5.56. The van der Waals surface area contributed by atoms with Gasteiger partial charge < -0.3 is 10.6 Å². The van der Waals surface area contributed by atoms with Crippen LogP contribution < -0.4 is 5.73 Å². The van der Waals surface area contributed by atoms with Crippen LogP contribution in [0.2, 0.25) is 0 Å². The van der Waals surface area contributed by atoms with Crippen LogP contribution in [0.4, 0.5) is 0 Å². The predicted molar refractivity (Wildman–Crippen MR) is 83.7 cm³/mol. The first kappa shape index (κ1) is 16.5. The normalized spacial score (nSPS) is 18.8. The Morgan fingerprint density at radius 1 is 1.37 bits per heavy atom. The molecule has 0 saturated carbocycles. The molecule has 0 aliphatic carbocycles. The summed E-state index contributed by atoms with van der Waals surface area (Å²) in [6, 6.07) is 7.92. The molecule has 0 bridgehead atoms. The van der Waals surface area contributed by atoms with E-state index >= 15 is 0 Å². The number of likely N-dealkylation sites (tertiary alicyclic amines) is 1. The lowest BCUT2D eigenvalue weighted by Gasteiger charge is -2.36. The Morgan fingerprint density at radius 2 is 2.11 bits per heavy atom. The van der Waals surface area contributed by atoms with Gasteiger partial charge in [-0.3, -0.25) is 4.79 Å². The first-order valence-corrected chi connectivity index (χ1v) is 7.29. The summed E-state index contributed by atoms with van der Waals surface area (Å²) in [6.45, 7) is 1.50. The first-order chi connectivity index (χ1) is 8.74. The smallest absolute Gasteiger partial charge is 0.255 e. The fourth-order valence-corrected chi connectivity index (χ4v) is 3.00. The van der Waals surface area contributed by atoms with Crippen LogP contribution in [0, 0.1) is 0 Å². The van der Waals surface area contributed by atoms with Crippen molar-refractivity contribution in [1.29, 1.82) is 0 Å². The molecule has 2 rings (SSSR count). The summed E-state index contributed by atoms with van der Waals surface area (Å²) in [5.74, 6) is 0.126. The van der Waals surface area contributed by atoms with E-state index in [1.54, 1.807) is 0 Å². The number of amides is 1. The zero-order valence-electron chi connectivity index (χ0n) is 10.8. The summed E-state index contributed by atoms with van der Waals surface area (Å²) >= 11 is 3.45. The molecule has 5 heteroatoms. The molecule has 1 aromatic rings. The van der Waals surface area contributed by atoms with E-state index in [0.29, 0.717) is 12.6 Å². The van der Waals surface area contributed by atoms with Crippen molar-refractivity contribution in [1.82, 2.24) is 4.90 Å². The minimum absolute atomic E-state index is 0. The van der Waals surface area contributed by atoms with Crippen molar-refractivity contribution in [3.05, 3.63) is 34.3 Å². The quantitative estimate of drug-likeness (QED) is 0.912. The molecule has 1 fully saturated rings. The molecule has 1 saturated heterocycles. The van der Waals surface area contributed by atoms with E-state index in [2.05, 4.69) is 15.9 Å². The third kappa shape index (κ3) is 3.94. The van der Waals surface area contributed by atoms with Gasteiger partial charge in [0.2, 0.25) is 0 Å². The van der Waals surface area contributed by atoms with Gasteiger partial charge in [-0.2, -0.15) is 0 Å². The van der Waals surface area contributed by atoms with Crippen molar-refractivity contribution >= 4 is 34.2 Å². The molecule has 1 heterocycles. The van der Waals surface area contributed by atoms with Crippen molar-refractivity contribution in [2.45, 2.75) is 31.7 Å². The summed E-state index contributed by atoms with van der Waals surface area (Å²) in [6.07, 6.45) is 4.27. The van der Waals surface area contributed by atoms with Crippen LogP contribution in [0.1, 0.15) is 36.0 Å². The maximum Gasteiger partial charge on any atom is 0.255 e. The Balaban J connectivity index is 0.00000180. The number of hydrogen-bond acceptors (Lipinski definition) is 2. The SMILES string of the molecule is Cl.NCCC1CCCCN1C(=O)c1ccccc1Br. The molecular formula is C14H20BrClN2O. The average molecular weight is 348 g/mol. The second-order valence-electron chi connectivity index (χ2n) is 4.71. The molecule has 1 atom stereocenters. The maximum atomic E-state index is 12.6. The summed E-state index contributed by atoms with van der Waals surface area (Å²) in [5, 5.41) is 0. The Morgan fingerprint density at radius 3 is 2.79 bits per heavy atom. The number of carbonyl (C=O) groups excluding carboxylic acids is 1. The molecule has 3 nitrogen and oxygen atoms in total. The number of hydrogen-bond donors (Lipinski definition) is 1. The van der Waals surface area contributed by atoms with E-state index in [-0.39, 0.29) is 18.3 Å². The fourth-order valence-electron chi connectivity index (χ4n) is 2.55. The third-order valence-corrected chi connectivity index (χ3v) is 4.18. The predicted octanol–water partition coefficient (Wildman–Crippen LogP) is 3.21. The topological polar surface area (TPSA) is 46.3 Å². The highest BCUT2D eigenvalue weighted by molar-refractivity contribution is 9.10. The van der Waals surface area contributed by atoms with Crippen LogP contribution in [-0.4, -0.2) is 29.9 Å². The van der Waals surface area contributed by atoms with E-state index < -0.39 is 0 Å². The van der Waals surface area contributed by atoms with E-state index in [1.165, 1.54) is 6.42 Å². The molecule has 1 aliphatic rings. The number of nitrogens with zero attached hydrogens (tertiary/aromatic N) is 1. The molecule has 2 N–H and O–H groups in total. The largest absolute Gasteiger partial charge is 0.336 e. The van der Waals surface area contributed by atoms with Crippen LogP contribution in [0.5, 0.6) is 0 Å². The van der Waals surface area contributed by atoms with E-state index in [9.17, 15) is 4.79 Å². The Hall–Kier alpha value is -0.580. The summed E-state index contributed by atoms with van der Waals surface area (Å²) in [5.41, 5.74) is 6.39. The molecular weight excluding hydrogens is 328 g/mol. The highest BCUT2D eigenvalue weighted by Gasteiger charge is 2.27. The second kappa shape index (κ2) is 7.88. The number of rotatable bonds is 3. The maximum absolute atomic E-state index is 12.6. The van der Waals surface area contributed by atoms with Crippen LogP contribution in [0.15, 0.2) is 28.7 Å². The number of carbonyl (C=O) groups is 1. The van der Waals surface area contributed by atoms with Gasteiger partial charge in [0.05, 0.1) is 5.56 Å². The molecule has 0 aromatic heterocycles. The highest BCUT2D eigenvalue weighted by Crippen LogP contribution is 2.24. The third-order valence-electron chi connectivity index (χ3n) is 3.49. The summed E-state index contributed by atoms with van der Waals surface area (Å²) < 4.78 is 0.868. The van der Waals surface area contributed by atoms with E-state index in [4.69, 9.17) is 5.73 Å². The minimum Gasteiger partial charge on any atom is -0.336 e. The zero-order chi connectivity index (χ0) is 13.0. The van der Waals surface area contributed by atoms with Crippen molar-refractivity contribution in [2.24, 2.45) is 5.73 Å². The molecule has 106 valence electrons. The van der Waals surface area contributed by atoms with Gasteiger partial charge >= 0.3 is 0 Å². The van der Waals surface area contributed by atoms with Gasteiger partial charge in [-0.15, -0.1) is 12.4 Å². The molecule has 0 radical (unpaired) electrons. The standard InChI is InChI=1S/C14H19BrN2O.ClH/c15-13-7-2-1-6-12(13)14(18)17-10-4-3-5-11(17)8-9-16;/h1-2,6-7,11H,3-5,8-10,16H2;1H.